The minimum absolute atomic E-state index is 0.0831. The van der Waals surface area contributed by atoms with Crippen LogP contribution in [0.2, 0.25) is 0 Å². The van der Waals surface area contributed by atoms with Crippen LogP contribution in [0.4, 0.5) is 0 Å². The summed E-state index contributed by atoms with van der Waals surface area (Å²) in [5.74, 6) is -0.579. The molecule has 2 aromatic rings. The fourth-order valence-corrected chi connectivity index (χ4v) is 4.17. The monoisotopic (exact) mass is 362 g/mol. The van der Waals surface area contributed by atoms with Crippen molar-refractivity contribution in [2.45, 2.75) is 18.4 Å². The van der Waals surface area contributed by atoms with Gasteiger partial charge in [0.25, 0.3) is 0 Å². The summed E-state index contributed by atoms with van der Waals surface area (Å²) in [6, 6.07) is 13.8. The third-order valence-electron chi connectivity index (χ3n) is 3.81. The van der Waals surface area contributed by atoms with Crippen LogP contribution in [0.15, 0.2) is 53.4 Å². The number of sulfonamides is 1. The summed E-state index contributed by atoms with van der Waals surface area (Å²) < 4.78 is 32.3. The number of aryl methyl sites for hydroxylation is 1. The van der Waals surface area contributed by atoms with Crippen LogP contribution >= 0.6 is 0 Å². The molecule has 0 aliphatic rings. The Bertz CT molecular complexity index is 835. The third kappa shape index (κ3) is 4.45. The first-order valence-corrected chi connectivity index (χ1v) is 9.27. The van der Waals surface area contributed by atoms with Gasteiger partial charge in [-0.3, -0.25) is 0 Å². The molecule has 0 amide bonds. The van der Waals surface area contributed by atoms with Crippen molar-refractivity contribution in [2.75, 3.05) is 20.2 Å². The number of hydrogen-bond donors (Lipinski definition) is 1. The lowest BCUT2D eigenvalue weighted by molar-refractivity contribution is 0.0600. The number of nitrogens with two attached hydrogens (primary N) is 1. The molecule has 0 saturated heterocycles. The van der Waals surface area contributed by atoms with Crippen LogP contribution < -0.4 is 5.73 Å². The second-order valence-corrected chi connectivity index (χ2v) is 7.49. The van der Waals surface area contributed by atoms with E-state index in [4.69, 9.17) is 5.73 Å². The molecule has 0 atom stereocenters. The Morgan fingerprint density at radius 1 is 1.16 bits per heavy atom. The molecule has 0 bridgehead atoms. The van der Waals surface area contributed by atoms with Gasteiger partial charge in [-0.15, -0.1) is 0 Å². The summed E-state index contributed by atoms with van der Waals surface area (Å²) in [6.45, 7) is 2.28. The minimum atomic E-state index is -3.81. The number of carbonyl (C=O) groups is 1. The summed E-state index contributed by atoms with van der Waals surface area (Å²) >= 11 is 0. The molecule has 2 N–H and O–H groups in total. The van der Waals surface area contributed by atoms with Crippen molar-refractivity contribution in [1.29, 1.82) is 0 Å². The van der Waals surface area contributed by atoms with Gasteiger partial charge in [-0.05, 0) is 30.2 Å². The van der Waals surface area contributed by atoms with Crippen molar-refractivity contribution in [2.24, 2.45) is 5.73 Å². The second kappa shape index (κ2) is 8.24. The smallest absolute Gasteiger partial charge is 0.337 e. The number of nitrogens with zero attached hydrogens (tertiary/aromatic N) is 1. The highest BCUT2D eigenvalue weighted by molar-refractivity contribution is 7.89. The highest BCUT2D eigenvalue weighted by atomic mass is 32.2. The van der Waals surface area contributed by atoms with E-state index in [0.29, 0.717) is 5.56 Å². The number of esters is 1. The van der Waals surface area contributed by atoms with Crippen LogP contribution in [-0.2, 0) is 21.3 Å². The molecule has 0 radical (unpaired) electrons. The van der Waals surface area contributed by atoms with Gasteiger partial charge in [0, 0.05) is 19.6 Å². The van der Waals surface area contributed by atoms with E-state index in [0.717, 1.165) is 5.56 Å². The number of hydrogen-bond acceptors (Lipinski definition) is 5. The van der Waals surface area contributed by atoms with Gasteiger partial charge < -0.3 is 10.5 Å². The predicted molar refractivity (Wildman–Crippen MR) is 95.6 cm³/mol. The standard InChI is InChI=1S/C18H22N2O4S/c1-14-8-9-16(18(21)24-2)12-17(14)25(22,23)20(11-10-19)13-15-6-4-3-5-7-15/h3-9,12H,10-11,13,19H2,1-2H3. The Labute approximate surface area is 148 Å². The SMILES string of the molecule is COC(=O)c1ccc(C)c(S(=O)(=O)N(CCN)Cc2ccccc2)c1. The maximum absolute atomic E-state index is 13.1. The van der Waals surface area contributed by atoms with Gasteiger partial charge in [-0.1, -0.05) is 36.4 Å². The second-order valence-electron chi connectivity index (χ2n) is 5.58. The van der Waals surface area contributed by atoms with Crippen molar-refractivity contribution in [3.8, 4) is 0 Å². The predicted octanol–water partition coefficient (Wildman–Crippen LogP) is 1.93. The van der Waals surface area contributed by atoms with Crippen molar-refractivity contribution in [3.05, 3.63) is 65.2 Å². The topological polar surface area (TPSA) is 89.7 Å². The number of carbonyl (C=O) groups excluding carboxylic acids is 1. The molecule has 6 nitrogen and oxygen atoms in total. The average molecular weight is 362 g/mol. The summed E-state index contributed by atoms with van der Waals surface area (Å²) in [5, 5.41) is 0. The number of ether oxygens (including phenoxy) is 1. The largest absolute Gasteiger partial charge is 0.465 e. The molecular formula is C18H22N2O4S. The number of methoxy groups -OCH3 is 1. The Kier molecular flexibility index (Phi) is 6.30. The first-order chi connectivity index (χ1) is 11.9. The molecule has 0 aliphatic carbocycles. The molecule has 0 aliphatic heterocycles. The van der Waals surface area contributed by atoms with Gasteiger partial charge >= 0.3 is 5.97 Å². The minimum Gasteiger partial charge on any atom is -0.465 e. The maximum Gasteiger partial charge on any atom is 0.337 e. The molecule has 25 heavy (non-hydrogen) atoms. The molecule has 0 aromatic heterocycles. The van der Waals surface area contributed by atoms with Crippen molar-refractivity contribution < 1.29 is 17.9 Å². The molecular weight excluding hydrogens is 340 g/mol. The zero-order valence-electron chi connectivity index (χ0n) is 14.3. The van der Waals surface area contributed by atoms with Gasteiger partial charge in [0.2, 0.25) is 10.0 Å². The molecule has 0 heterocycles. The molecule has 2 aromatic carbocycles. The van der Waals surface area contributed by atoms with Crippen molar-refractivity contribution in [3.63, 3.8) is 0 Å². The first-order valence-electron chi connectivity index (χ1n) is 7.83. The van der Waals surface area contributed by atoms with Crippen molar-refractivity contribution >= 4 is 16.0 Å². The van der Waals surface area contributed by atoms with Crippen LogP contribution in [-0.4, -0.2) is 38.9 Å². The van der Waals surface area contributed by atoms with E-state index in [-0.39, 0.29) is 30.1 Å². The molecule has 0 saturated carbocycles. The Morgan fingerprint density at radius 3 is 2.44 bits per heavy atom. The lowest BCUT2D eigenvalue weighted by Crippen LogP contribution is -2.35. The molecule has 0 fully saturated rings. The van der Waals surface area contributed by atoms with E-state index >= 15 is 0 Å². The molecule has 134 valence electrons. The van der Waals surface area contributed by atoms with Gasteiger partial charge in [0.05, 0.1) is 17.6 Å². The van der Waals surface area contributed by atoms with E-state index in [2.05, 4.69) is 4.74 Å². The molecule has 0 spiro atoms. The highest BCUT2D eigenvalue weighted by Crippen LogP contribution is 2.23. The lowest BCUT2D eigenvalue weighted by atomic mass is 10.1. The fraction of sp³-hybridized carbons (Fsp3) is 0.278. The number of rotatable bonds is 7. The third-order valence-corrected chi connectivity index (χ3v) is 5.79. The van der Waals surface area contributed by atoms with Gasteiger partial charge in [-0.2, -0.15) is 4.31 Å². The summed E-state index contributed by atoms with van der Waals surface area (Å²) in [4.78, 5) is 11.8. The summed E-state index contributed by atoms with van der Waals surface area (Å²) in [5.41, 5.74) is 7.23. The average Bonchev–Trinajstić information content (AvgIpc) is 2.61. The van der Waals surface area contributed by atoms with Gasteiger partial charge in [0.15, 0.2) is 0 Å². The van der Waals surface area contributed by atoms with E-state index in [9.17, 15) is 13.2 Å². The summed E-state index contributed by atoms with van der Waals surface area (Å²) in [7, 11) is -2.55. The normalized spacial score (nSPS) is 11.5. The zero-order chi connectivity index (χ0) is 18.4. The van der Waals surface area contributed by atoms with Gasteiger partial charge in [0.1, 0.15) is 0 Å². The van der Waals surface area contributed by atoms with E-state index in [1.807, 2.05) is 30.3 Å². The molecule has 7 heteroatoms. The first kappa shape index (κ1) is 19.1. The molecule has 0 unspecified atom stereocenters. The summed E-state index contributed by atoms with van der Waals surface area (Å²) in [6.07, 6.45) is 0. The molecule has 2 rings (SSSR count). The van der Waals surface area contributed by atoms with Crippen LogP contribution in [0.25, 0.3) is 0 Å². The quantitative estimate of drug-likeness (QED) is 0.760. The Morgan fingerprint density at radius 2 is 1.84 bits per heavy atom. The number of benzene rings is 2. The maximum atomic E-state index is 13.1. The van der Waals surface area contributed by atoms with Crippen LogP contribution in [0.5, 0.6) is 0 Å². The zero-order valence-corrected chi connectivity index (χ0v) is 15.1. The van der Waals surface area contributed by atoms with Gasteiger partial charge in [-0.25, -0.2) is 13.2 Å². The fourth-order valence-electron chi connectivity index (χ4n) is 2.48. The Balaban J connectivity index is 2.44. The Hall–Kier alpha value is -2.22. The van der Waals surface area contributed by atoms with Crippen LogP contribution in [0.1, 0.15) is 21.5 Å². The van der Waals surface area contributed by atoms with E-state index in [1.54, 1.807) is 19.1 Å². The highest BCUT2D eigenvalue weighted by Gasteiger charge is 2.27. The lowest BCUT2D eigenvalue weighted by Gasteiger charge is -2.23. The van der Waals surface area contributed by atoms with Crippen molar-refractivity contribution in [1.82, 2.24) is 4.31 Å². The van der Waals surface area contributed by atoms with Crippen LogP contribution in [0, 0.1) is 6.92 Å². The van der Waals surface area contributed by atoms with Crippen LogP contribution in [0.3, 0.4) is 0 Å². The van der Waals surface area contributed by atoms with E-state index in [1.165, 1.54) is 17.5 Å². The van der Waals surface area contributed by atoms with E-state index < -0.39 is 16.0 Å².